The minimum Gasteiger partial charge on any atom is -0.508 e. The second-order valence-corrected chi connectivity index (χ2v) is 34.4. The van der Waals surface area contributed by atoms with E-state index in [2.05, 4.69) is 74.4 Å². The van der Waals surface area contributed by atoms with Gasteiger partial charge in [-0.3, -0.25) is 72.5 Å². The number of aromatic hydroxyl groups is 1. The Morgan fingerprint density at radius 3 is 1.84 bits per heavy atom. The molecule has 5 aromatic carbocycles. The Hall–Kier alpha value is -15.0. The summed E-state index contributed by atoms with van der Waals surface area (Å²) in [5.41, 5.74) is 25.3. The summed E-state index contributed by atoms with van der Waals surface area (Å²) >= 11 is 1.18. The number of aromatic carboxylic acids is 1. The van der Waals surface area contributed by atoms with Gasteiger partial charge in [0.15, 0.2) is 11.4 Å². The zero-order valence-corrected chi connectivity index (χ0v) is 75.0. The fraction of sp³-hybridized carbons (Fsp3) is 0.396. The second-order valence-electron chi connectivity index (χ2n) is 33.4. The van der Waals surface area contributed by atoms with Crippen LogP contribution >= 0.6 is 11.8 Å². The number of hydrogen-bond donors (Lipinski definition) is 21. The predicted octanol–water partition coefficient (Wildman–Crippen LogP) is 3.49. The predicted molar refractivity (Wildman–Crippen MR) is 501 cm³/mol. The summed E-state index contributed by atoms with van der Waals surface area (Å²) in [4.78, 5) is 223. The maximum absolute atomic E-state index is 14.6. The van der Waals surface area contributed by atoms with Gasteiger partial charge in [-0.1, -0.05) is 52.7 Å². The van der Waals surface area contributed by atoms with Crippen LogP contribution in [-0.2, 0) is 60.2 Å². The molecule has 12 rings (SSSR count). The number of phenols is 1. The number of hydrogen-bond acceptors (Lipinski definition) is 27. The van der Waals surface area contributed by atoms with Crippen molar-refractivity contribution in [2.75, 3.05) is 101 Å². The number of carboxylic acid groups (broad SMARTS) is 1. The molecule has 25 N–H and O–H groups in total. The lowest BCUT2D eigenvalue weighted by molar-refractivity contribution is -0.132. The smallest absolute Gasteiger partial charge is 0.336 e. The van der Waals surface area contributed by atoms with Crippen LogP contribution < -0.4 is 113 Å². The third-order valence-electron chi connectivity index (χ3n) is 23.8. The number of nitrogens with zero attached hydrogens (tertiary/aromatic N) is 5. The summed E-state index contributed by atoms with van der Waals surface area (Å²) in [5, 5.41) is 68.6. The summed E-state index contributed by atoms with van der Waals surface area (Å²) in [6, 6.07) is 20.7. The van der Waals surface area contributed by atoms with Crippen molar-refractivity contribution in [2.24, 2.45) is 46.6 Å². The topological polar surface area (TPSA) is 651 Å². The summed E-state index contributed by atoms with van der Waals surface area (Å²) in [6.45, 7) is 6.93. The molecule has 43 heteroatoms. The van der Waals surface area contributed by atoms with Crippen molar-refractivity contribution in [1.82, 2.24) is 62.8 Å². The highest BCUT2D eigenvalue weighted by molar-refractivity contribution is 7.98. The number of nitrogens with one attached hydrogen (secondary N) is 15. The number of guanidine groups is 1. The molecule has 708 valence electrons. The van der Waals surface area contributed by atoms with Crippen molar-refractivity contribution in [2.45, 2.75) is 141 Å². The third kappa shape index (κ3) is 25.6. The van der Waals surface area contributed by atoms with Crippen LogP contribution in [0.15, 0.2) is 118 Å². The molecule has 5 aliphatic heterocycles. The summed E-state index contributed by atoms with van der Waals surface area (Å²) in [6.07, 6.45) is 3.28. The molecule has 0 spiro atoms. The summed E-state index contributed by atoms with van der Waals surface area (Å²) < 4.78 is 6.05. The van der Waals surface area contributed by atoms with Gasteiger partial charge in [-0.15, -0.1) is 0 Å². The Bertz CT molecular complexity index is 5860. The molecular weight excluding hydrogens is 1750 g/mol. The van der Waals surface area contributed by atoms with Crippen molar-refractivity contribution in [1.29, 1.82) is 5.41 Å². The number of piperidine rings is 2. The number of anilines is 8. The minimum atomic E-state index is -1.33. The van der Waals surface area contributed by atoms with Gasteiger partial charge in [0.1, 0.15) is 47.3 Å². The Balaban J connectivity index is 0.737. The number of benzene rings is 6. The zero-order valence-electron chi connectivity index (χ0n) is 74.2. The van der Waals surface area contributed by atoms with E-state index in [1.807, 2.05) is 23.6 Å². The van der Waals surface area contributed by atoms with Gasteiger partial charge < -0.3 is 122 Å². The fourth-order valence-corrected chi connectivity index (χ4v) is 17.0. The number of phenolic OH excluding ortho intramolecular Hbond substituents is 1. The van der Waals surface area contributed by atoms with E-state index in [0.717, 1.165) is 0 Å². The number of thioether (sulfide) groups is 1. The monoisotopic (exact) mass is 1860 g/mol. The lowest BCUT2D eigenvalue weighted by Gasteiger charge is -2.34. The van der Waals surface area contributed by atoms with Crippen LogP contribution in [0.4, 0.5) is 46.3 Å². The molecule has 0 radical (unpaired) electrons. The van der Waals surface area contributed by atoms with E-state index in [-0.39, 0.29) is 198 Å². The quantitative estimate of drug-likeness (QED) is 0.0144. The molecule has 134 heavy (non-hydrogen) atoms. The molecule has 2 fully saturated rings. The van der Waals surface area contributed by atoms with Crippen LogP contribution in [0.5, 0.6) is 5.75 Å². The number of carboxylic acids is 1. The SMILES string of the molecule is CC[C@H](C)[C@@H]1NC(=O)c2cc(cc(NC(=O)CNC(=O)C3CCN(c4nc(Nc5ccc(-c6c7ccc(=O)cc-7oc7cc(O)ccc67)c(C(=O)O)c5)nc(N5CCC(C(=O)NCC(=O)Nc6ccc7c(c6)C(=O)N[C@@H]([C@@H](C)CC)C(=O)N[C@@H](CCCNC(=N)N)C(=O)Nc6cc(C(N)=O)ccc6CN7)CC5)n4)CC3)c2)CSC[C@@H](C(N)=O)NC(=O)CNC(=O)[C@H](CCCCN)NC1=O. The molecular formula is C91H110N24O18S. The van der Waals surface area contributed by atoms with Crippen LogP contribution in [0.25, 0.3) is 33.4 Å². The standard InChI is InChI=1S/C91H110N24O18S/c1-5-46(3)75-85(129)106-65(10-7-8-26-92)83(127)101-43-73(120)105-68(78(94)122)45-134-44-48-32-53(81(125)109-75)34-56(33-48)103-72(119)42-100-80(124)50-24-30-115(31-25-50)91-112-89(104-55-14-18-59(62(36-55)87(131)132)74-60-19-16-57(116)38-69(60)133-70-39-58(117)17-20-61(70)74)111-90(113-91)114-28-22-49(23-29-114)79(123)99-41-71(118)102-54-15-21-64-63(37-54)82(126)110-76(47(4)6-2)86(130)107-66(11-9-27-97-88(95)96)84(128)108-67-35-51(77(93)121)12-13-52(67)40-98-64/h12-21,32-39,46-47,49-50,65-66,68,75-76,98,116H,5-11,22-31,40-45,92H2,1-4H3,(H2,93,121)(H2,94,122)(H,99,123)(H,100,124)(H,101,127)(H,102,118)(H,103,119)(H,105,120)(H,106,129)(H,107,130)(H,108,128)(H,109,125)(H,110,126)(H,131,132)(H4,95,96,97)(H,104,111,112,113)/t46-,47-,65-,66-,68-,75-,76-/m0/s1. The highest BCUT2D eigenvalue weighted by atomic mass is 32.2. The average molecular weight is 1860 g/mol. The van der Waals surface area contributed by atoms with Crippen LogP contribution in [0.3, 0.4) is 0 Å². The van der Waals surface area contributed by atoms with E-state index >= 15 is 0 Å². The molecule has 13 amide bonds. The molecule has 6 heterocycles. The Kier molecular flexibility index (Phi) is 33.1. The largest absolute Gasteiger partial charge is 0.508 e. The summed E-state index contributed by atoms with van der Waals surface area (Å²) in [5.74, 6) is -12.0. The molecule has 2 saturated heterocycles. The molecule has 7 atom stereocenters. The molecule has 6 aromatic rings. The van der Waals surface area contributed by atoms with Crippen molar-refractivity contribution in [3.63, 3.8) is 0 Å². The van der Waals surface area contributed by atoms with E-state index in [1.165, 1.54) is 84.6 Å². The Labute approximate surface area is 773 Å². The number of carbonyl (C=O) groups excluding carboxylic acids is 13. The van der Waals surface area contributed by atoms with E-state index in [9.17, 15) is 82.1 Å². The third-order valence-corrected chi connectivity index (χ3v) is 24.9. The Morgan fingerprint density at radius 1 is 0.597 bits per heavy atom. The van der Waals surface area contributed by atoms with Gasteiger partial charge in [0.05, 0.1) is 30.8 Å². The molecule has 0 unspecified atom stereocenters. The number of nitrogens with two attached hydrogens (primary N) is 4. The first-order chi connectivity index (χ1) is 64.2. The number of amides is 13. The van der Waals surface area contributed by atoms with Crippen LogP contribution in [0, 0.1) is 29.1 Å². The second kappa shape index (κ2) is 45.2. The maximum atomic E-state index is 14.6. The van der Waals surface area contributed by atoms with E-state index in [1.54, 1.807) is 50.2 Å². The van der Waals surface area contributed by atoms with E-state index in [0.29, 0.717) is 59.9 Å². The molecule has 1 aliphatic carbocycles. The zero-order chi connectivity index (χ0) is 96.1. The number of unbranched alkanes of at least 4 members (excludes halogenated alkanes) is 1. The first-order valence-corrected chi connectivity index (χ1v) is 45.3. The van der Waals surface area contributed by atoms with Crippen molar-refractivity contribution in [3.05, 3.63) is 153 Å². The van der Waals surface area contributed by atoms with Gasteiger partial charge in [-0.05, 0) is 178 Å². The number of carbonyl (C=O) groups is 14. The van der Waals surface area contributed by atoms with Gasteiger partial charge in [-0.25, -0.2) is 4.79 Å². The normalized spacial score (nSPS) is 18.5. The van der Waals surface area contributed by atoms with Crippen LogP contribution in [0.1, 0.15) is 151 Å². The highest BCUT2D eigenvalue weighted by Crippen LogP contribution is 2.43. The molecule has 2 bridgehead atoms. The first kappa shape index (κ1) is 98.0. The lowest BCUT2D eigenvalue weighted by Crippen LogP contribution is -2.56. The molecule has 6 aliphatic rings. The molecule has 0 saturated carbocycles. The van der Waals surface area contributed by atoms with Crippen molar-refractivity contribution in [3.8, 4) is 28.2 Å². The van der Waals surface area contributed by atoms with Crippen LogP contribution in [-0.4, -0.2) is 209 Å². The fourth-order valence-electron chi connectivity index (χ4n) is 16.0. The van der Waals surface area contributed by atoms with Gasteiger partial charge in [0, 0.05) is 131 Å². The maximum Gasteiger partial charge on any atom is 0.336 e. The number of fused-ring (bicyclic) bond motifs is 6. The minimum absolute atomic E-state index is 0.00663. The van der Waals surface area contributed by atoms with Gasteiger partial charge in [-0.2, -0.15) is 26.7 Å². The summed E-state index contributed by atoms with van der Waals surface area (Å²) in [7, 11) is 0. The van der Waals surface area contributed by atoms with Gasteiger partial charge >= 0.3 is 5.97 Å². The highest BCUT2D eigenvalue weighted by Gasteiger charge is 2.37. The van der Waals surface area contributed by atoms with Gasteiger partial charge in [0.2, 0.25) is 82.8 Å². The average Bonchev–Trinajstić information content (AvgIpc) is 0.744. The number of primary amides is 2. The van der Waals surface area contributed by atoms with Crippen molar-refractivity contribution >= 4 is 158 Å². The number of aromatic nitrogens is 3. The van der Waals surface area contributed by atoms with E-state index in [4.69, 9.17) is 47.7 Å². The molecule has 42 nitrogen and oxygen atoms in total. The Morgan fingerprint density at radius 2 is 1.22 bits per heavy atom. The van der Waals surface area contributed by atoms with E-state index < -0.39 is 156 Å². The number of rotatable bonds is 28. The molecule has 1 aromatic heterocycles. The lowest BCUT2D eigenvalue weighted by atomic mass is 9.90. The van der Waals surface area contributed by atoms with Crippen molar-refractivity contribution < 1.29 is 81.8 Å². The first-order valence-electron chi connectivity index (χ1n) is 44.2. The van der Waals surface area contributed by atoms with Gasteiger partial charge in [0.25, 0.3) is 11.8 Å². The van der Waals surface area contributed by atoms with Crippen LogP contribution in [0.2, 0.25) is 0 Å².